The monoisotopic (exact) mass is 253 g/mol. The lowest BCUT2D eigenvalue weighted by molar-refractivity contribution is 0.249. The molecule has 0 heterocycles. The Hall–Kier alpha value is -2.51. The maximum absolute atomic E-state index is 10.2. The predicted molar refractivity (Wildman–Crippen MR) is 74.7 cm³/mol. The summed E-state index contributed by atoms with van der Waals surface area (Å²) in [5.74, 6) is 0. The number of nitrogens with two attached hydrogens (primary N) is 1. The van der Waals surface area contributed by atoms with Gasteiger partial charge in [-0.1, -0.05) is 30.3 Å². The molecule has 2 aromatic rings. The number of benzene rings is 2. The number of aryl methyl sites for hydroxylation is 1. The Kier molecular flexibility index (Phi) is 3.69. The van der Waals surface area contributed by atoms with E-state index in [1.165, 1.54) is 0 Å². The molecule has 0 saturated carbocycles. The minimum absolute atomic E-state index is 0.320. The highest BCUT2D eigenvalue weighted by molar-refractivity contribution is 5.67. The molecule has 0 fully saturated rings. The van der Waals surface area contributed by atoms with Gasteiger partial charge in [0.25, 0.3) is 0 Å². The maximum atomic E-state index is 10.2. The zero-order valence-electron chi connectivity index (χ0n) is 10.7. The van der Waals surface area contributed by atoms with E-state index in [1.54, 1.807) is 12.1 Å². The van der Waals surface area contributed by atoms with E-state index in [0.29, 0.717) is 23.5 Å². The Balaban J connectivity index is 2.34. The molecule has 2 rings (SSSR count). The third-order valence-corrected chi connectivity index (χ3v) is 2.88. The highest BCUT2D eigenvalue weighted by Crippen LogP contribution is 2.27. The number of nitriles is 1. The van der Waals surface area contributed by atoms with Gasteiger partial charge in [-0.25, -0.2) is 0 Å². The summed E-state index contributed by atoms with van der Waals surface area (Å²) in [6, 6.07) is 14.9. The molecule has 4 heteroatoms. The molecule has 0 bridgehead atoms. The Morgan fingerprint density at radius 2 is 1.95 bits per heavy atom. The van der Waals surface area contributed by atoms with E-state index in [1.807, 2.05) is 37.3 Å². The summed E-state index contributed by atoms with van der Waals surface area (Å²) in [6.45, 7) is 2.14. The predicted octanol–water partition coefficient (Wildman–Crippen LogP) is 2.84. The number of nitrogens with zero attached hydrogens (tertiary/aromatic N) is 2. The third-order valence-electron chi connectivity index (χ3n) is 2.88. The zero-order chi connectivity index (χ0) is 13.8. The van der Waals surface area contributed by atoms with Gasteiger partial charge in [0.15, 0.2) is 0 Å². The van der Waals surface area contributed by atoms with E-state index in [0.717, 1.165) is 16.2 Å². The molecular weight excluding hydrogens is 238 g/mol. The Morgan fingerprint density at radius 1 is 1.26 bits per heavy atom. The summed E-state index contributed by atoms with van der Waals surface area (Å²) in [5, 5.41) is 20.4. The molecule has 19 heavy (non-hydrogen) atoms. The number of anilines is 2. The minimum Gasteiger partial charge on any atom is -0.399 e. The first kappa shape index (κ1) is 12.9. The van der Waals surface area contributed by atoms with Crippen molar-refractivity contribution in [1.29, 1.82) is 5.26 Å². The number of hydrogen-bond donors (Lipinski definition) is 2. The van der Waals surface area contributed by atoms with Crippen LogP contribution in [0.2, 0.25) is 0 Å². The van der Waals surface area contributed by atoms with E-state index in [-0.39, 0.29) is 0 Å². The average molecular weight is 253 g/mol. The summed E-state index contributed by atoms with van der Waals surface area (Å²) in [4.78, 5) is 0. The normalized spacial score (nSPS) is 9.95. The first-order chi connectivity index (χ1) is 9.11. The first-order valence-corrected chi connectivity index (χ1v) is 5.92. The summed E-state index contributed by atoms with van der Waals surface area (Å²) in [7, 11) is 0. The average Bonchev–Trinajstić information content (AvgIpc) is 2.38. The molecule has 3 N–H and O–H groups in total. The van der Waals surface area contributed by atoms with Gasteiger partial charge in [0.1, 0.15) is 6.07 Å². The standard InChI is InChI=1S/C15H15N3O/c1-11-7-14(17)8-13(9-16)15(11)18(19)10-12-5-3-2-4-6-12/h2-8,19H,10,17H2,1H3. The van der Waals surface area contributed by atoms with Gasteiger partial charge in [0.2, 0.25) is 0 Å². The SMILES string of the molecule is Cc1cc(N)cc(C#N)c1N(O)Cc1ccccc1. The first-order valence-electron chi connectivity index (χ1n) is 5.92. The minimum atomic E-state index is 0.320. The fourth-order valence-electron chi connectivity index (χ4n) is 2.07. The topological polar surface area (TPSA) is 73.3 Å². The number of hydrogen-bond acceptors (Lipinski definition) is 4. The van der Waals surface area contributed by atoms with Crippen molar-refractivity contribution in [3.8, 4) is 6.07 Å². The van der Waals surface area contributed by atoms with Crippen LogP contribution in [0.1, 0.15) is 16.7 Å². The van der Waals surface area contributed by atoms with Crippen LogP contribution >= 0.6 is 0 Å². The molecule has 0 radical (unpaired) electrons. The molecule has 2 aromatic carbocycles. The fraction of sp³-hybridized carbons (Fsp3) is 0.133. The quantitative estimate of drug-likeness (QED) is 0.651. The van der Waals surface area contributed by atoms with Gasteiger partial charge in [-0.15, -0.1) is 0 Å². The molecule has 0 aliphatic rings. The molecule has 0 saturated heterocycles. The van der Waals surface area contributed by atoms with Crippen LogP contribution < -0.4 is 10.8 Å². The second-order valence-electron chi connectivity index (χ2n) is 4.39. The fourth-order valence-corrected chi connectivity index (χ4v) is 2.07. The van der Waals surface area contributed by atoms with Gasteiger partial charge in [0, 0.05) is 5.69 Å². The summed E-state index contributed by atoms with van der Waals surface area (Å²) < 4.78 is 0. The van der Waals surface area contributed by atoms with E-state index in [9.17, 15) is 5.21 Å². The molecule has 0 aliphatic carbocycles. The van der Waals surface area contributed by atoms with Gasteiger partial charge < -0.3 is 5.73 Å². The lowest BCUT2D eigenvalue weighted by Crippen LogP contribution is -2.19. The lowest BCUT2D eigenvalue weighted by Gasteiger charge is -2.21. The van der Waals surface area contributed by atoms with Crippen LogP contribution in [0.15, 0.2) is 42.5 Å². The summed E-state index contributed by atoms with van der Waals surface area (Å²) in [6.07, 6.45) is 0. The molecule has 4 nitrogen and oxygen atoms in total. The number of nitrogen functional groups attached to an aromatic ring is 1. The molecule has 0 aliphatic heterocycles. The maximum Gasteiger partial charge on any atom is 0.101 e. The van der Waals surface area contributed by atoms with E-state index in [2.05, 4.69) is 6.07 Å². The summed E-state index contributed by atoms with van der Waals surface area (Å²) in [5.41, 5.74) is 8.83. The smallest absolute Gasteiger partial charge is 0.101 e. The van der Waals surface area contributed by atoms with Crippen molar-refractivity contribution in [2.75, 3.05) is 10.8 Å². The van der Waals surface area contributed by atoms with Gasteiger partial charge in [-0.05, 0) is 30.2 Å². The van der Waals surface area contributed by atoms with Gasteiger partial charge >= 0.3 is 0 Å². The summed E-state index contributed by atoms with van der Waals surface area (Å²) >= 11 is 0. The van der Waals surface area contributed by atoms with Crippen LogP contribution in [-0.4, -0.2) is 5.21 Å². The van der Waals surface area contributed by atoms with Crippen LogP contribution in [0.25, 0.3) is 0 Å². The van der Waals surface area contributed by atoms with Gasteiger partial charge in [0.05, 0.1) is 17.8 Å². The molecule has 0 aromatic heterocycles. The van der Waals surface area contributed by atoms with Crippen molar-refractivity contribution in [1.82, 2.24) is 0 Å². The zero-order valence-corrected chi connectivity index (χ0v) is 10.7. The largest absolute Gasteiger partial charge is 0.399 e. The van der Waals surface area contributed by atoms with Crippen LogP contribution in [0.3, 0.4) is 0 Å². The van der Waals surface area contributed by atoms with Gasteiger partial charge in [-0.3, -0.25) is 10.3 Å². The third kappa shape index (κ3) is 2.84. The van der Waals surface area contributed by atoms with E-state index in [4.69, 9.17) is 11.0 Å². The van der Waals surface area contributed by atoms with Crippen molar-refractivity contribution in [2.45, 2.75) is 13.5 Å². The molecule has 0 amide bonds. The van der Waals surface area contributed by atoms with Crippen molar-refractivity contribution in [3.63, 3.8) is 0 Å². The number of hydroxylamine groups is 1. The second-order valence-corrected chi connectivity index (χ2v) is 4.39. The Labute approximate surface area is 112 Å². The Morgan fingerprint density at radius 3 is 2.58 bits per heavy atom. The van der Waals surface area contributed by atoms with Crippen molar-refractivity contribution < 1.29 is 5.21 Å². The molecule has 96 valence electrons. The highest BCUT2D eigenvalue weighted by atomic mass is 16.5. The highest BCUT2D eigenvalue weighted by Gasteiger charge is 2.13. The van der Waals surface area contributed by atoms with Crippen molar-refractivity contribution in [2.24, 2.45) is 0 Å². The molecular formula is C15H15N3O. The molecule has 0 unspecified atom stereocenters. The number of rotatable bonds is 3. The van der Waals surface area contributed by atoms with Crippen molar-refractivity contribution in [3.05, 3.63) is 59.2 Å². The van der Waals surface area contributed by atoms with Crippen LogP contribution in [0.4, 0.5) is 11.4 Å². The van der Waals surface area contributed by atoms with Crippen LogP contribution in [-0.2, 0) is 6.54 Å². The van der Waals surface area contributed by atoms with Gasteiger partial charge in [-0.2, -0.15) is 5.26 Å². The second kappa shape index (κ2) is 5.42. The molecule has 0 atom stereocenters. The Bertz CT molecular complexity index is 617. The molecule has 0 spiro atoms. The van der Waals surface area contributed by atoms with Crippen molar-refractivity contribution >= 4 is 11.4 Å². The van der Waals surface area contributed by atoms with E-state index >= 15 is 0 Å². The van der Waals surface area contributed by atoms with Crippen LogP contribution in [0.5, 0.6) is 0 Å². The van der Waals surface area contributed by atoms with E-state index < -0.39 is 0 Å². The van der Waals surface area contributed by atoms with Crippen LogP contribution in [0, 0.1) is 18.3 Å². The lowest BCUT2D eigenvalue weighted by atomic mass is 10.1.